The Labute approximate surface area is 485 Å². The quantitative estimate of drug-likeness (QED) is 0.0441. The number of carboxylic acids is 2. The van der Waals surface area contributed by atoms with Crippen LogP contribution in [0.4, 0.5) is 17.1 Å². The zero-order valence-corrected chi connectivity index (χ0v) is 46.7. The SMILES string of the molecule is COC(=O)c1ccc(C(=O)N(C)c2ccc(C(=O)Cl)cc2)cc1.COC(=O)c1ccc(C(=O)N(C)c2ccc(C(=O)Nc3ccc(/C=C/c4ccc(CC(=O)O)cc4)cc3)cc2)cc1.Cc1ccc(/C=C/c2ccc(CC(=O)O)cc2)cc1. The smallest absolute Gasteiger partial charge is 0.337 e. The molecule has 15 nitrogen and oxygen atoms in total. The molecule has 0 unspecified atom stereocenters. The fourth-order valence-electron chi connectivity index (χ4n) is 7.79. The van der Waals surface area contributed by atoms with E-state index >= 15 is 0 Å². The number of aryl methyl sites for hydroxylation is 1. The van der Waals surface area contributed by atoms with Crippen LogP contribution in [0.1, 0.15) is 101 Å². The van der Waals surface area contributed by atoms with Gasteiger partial charge in [0.05, 0.1) is 38.2 Å². The molecular weight excluding hydrogens is 1070 g/mol. The van der Waals surface area contributed by atoms with Crippen LogP contribution >= 0.6 is 11.6 Å². The van der Waals surface area contributed by atoms with E-state index in [-0.39, 0.29) is 30.6 Å². The van der Waals surface area contributed by atoms with Gasteiger partial charge in [0.25, 0.3) is 23.0 Å². The molecule has 0 heterocycles. The number of carbonyl (C=O) groups excluding carboxylic acids is 6. The minimum atomic E-state index is -0.862. The summed E-state index contributed by atoms with van der Waals surface area (Å²) in [6.07, 6.45) is 8.00. The molecule has 0 saturated heterocycles. The molecule has 420 valence electrons. The molecule has 83 heavy (non-hydrogen) atoms. The Hall–Kier alpha value is -10.5. The van der Waals surface area contributed by atoms with Crippen LogP contribution in [0.25, 0.3) is 24.3 Å². The van der Waals surface area contributed by atoms with Gasteiger partial charge in [-0.15, -0.1) is 0 Å². The summed E-state index contributed by atoms with van der Waals surface area (Å²) in [5.74, 6) is -3.39. The average Bonchev–Trinajstić information content (AvgIpc) is 3.61. The third kappa shape index (κ3) is 18.8. The number of anilines is 3. The van der Waals surface area contributed by atoms with Crippen molar-refractivity contribution in [2.24, 2.45) is 0 Å². The number of carboxylic acid groups (broad SMARTS) is 2. The van der Waals surface area contributed by atoms with Gasteiger partial charge in [0.1, 0.15) is 0 Å². The highest BCUT2D eigenvalue weighted by molar-refractivity contribution is 6.67. The lowest BCUT2D eigenvalue weighted by Crippen LogP contribution is -2.26. The van der Waals surface area contributed by atoms with E-state index in [1.165, 1.54) is 53.8 Å². The third-order valence-corrected chi connectivity index (χ3v) is 12.8. The Bertz CT molecular complexity index is 3620. The number of aliphatic carboxylic acids is 2. The van der Waals surface area contributed by atoms with Crippen LogP contribution in [-0.4, -0.2) is 85.4 Å². The lowest BCUT2D eigenvalue weighted by Gasteiger charge is -2.18. The summed E-state index contributed by atoms with van der Waals surface area (Å²) in [4.78, 5) is 96.4. The second-order valence-corrected chi connectivity index (χ2v) is 18.9. The Kier molecular flexibility index (Phi) is 22.4. The summed E-state index contributed by atoms with van der Waals surface area (Å²) in [5.41, 5.74) is 11.1. The van der Waals surface area contributed by atoms with Gasteiger partial charge >= 0.3 is 23.9 Å². The minimum absolute atomic E-state index is 0.00615. The van der Waals surface area contributed by atoms with Crippen molar-refractivity contribution in [2.45, 2.75) is 19.8 Å². The van der Waals surface area contributed by atoms with Gasteiger partial charge in [0, 0.05) is 53.4 Å². The van der Waals surface area contributed by atoms with Gasteiger partial charge < -0.3 is 34.8 Å². The van der Waals surface area contributed by atoms with Crippen LogP contribution in [0.2, 0.25) is 0 Å². The molecule has 0 aliphatic heterocycles. The molecule has 16 heteroatoms. The van der Waals surface area contributed by atoms with Crippen LogP contribution in [-0.2, 0) is 31.9 Å². The summed E-state index contributed by atoms with van der Waals surface area (Å²) < 4.78 is 9.29. The third-order valence-electron chi connectivity index (χ3n) is 12.6. The van der Waals surface area contributed by atoms with Gasteiger partial charge in [-0.05, 0) is 161 Å². The van der Waals surface area contributed by atoms with Crippen molar-refractivity contribution < 1.29 is 58.0 Å². The van der Waals surface area contributed by atoms with Crippen molar-refractivity contribution in [3.8, 4) is 0 Å². The van der Waals surface area contributed by atoms with Gasteiger partial charge in [-0.1, -0.05) is 115 Å². The van der Waals surface area contributed by atoms with Crippen molar-refractivity contribution in [3.63, 3.8) is 0 Å². The molecule has 0 bridgehead atoms. The van der Waals surface area contributed by atoms with E-state index in [4.69, 9.17) is 21.8 Å². The predicted molar refractivity (Wildman–Crippen MR) is 323 cm³/mol. The zero-order valence-electron chi connectivity index (χ0n) is 45.9. The highest BCUT2D eigenvalue weighted by Crippen LogP contribution is 2.22. The van der Waals surface area contributed by atoms with E-state index in [0.29, 0.717) is 50.4 Å². The molecule has 0 radical (unpaired) electrons. The van der Waals surface area contributed by atoms with Gasteiger partial charge in [-0.3, -0.25) is 28.8 Å². The first kappa shape index (κ1) is 61.7. The van der Waals surface area contributed by atoms with Gasteiger partial charge in [-0.2, -0.15) is 0 Å². The van der Waals surface area contributed by atoms with E-state index in [1.807, 2.05) is 72.8 Å². The van der Waals surface area contributed by atoms with Gasteiger partial charge in [0.2, 0.25) is 0 Å². The summed E-state index contributed by atoms with van der Waals surface area (Å²) in [6, 6.07) is 56.0. The van der Waals surface area contributed by atoms with Crippen molar-refractivity contribution in [2.75, 3.05) is 43.4 Å². The topological polar surface area (TPSA) is 214 Å². The lowest BCUT2D eigenvalue weighted by molar-refractivity contribution is -0.137. The molecule has 3 N–H and O–H groups in total. The number of rotatable bonds is 17. The number of hydrogen-bond donors (Lipinski definition) is 3. The molecule has 8 rings (SSSR count). The largest absolute Gasteiger partial charge is 0.481 e. The maximum absolute atomic E-state index is 12.9. The van der Waals surface area contributed by atoms with Gasteiger partial charge in [0.15, 0.2) is 0 Å². The van der Waals surface area contributed by atoms with Gasteiger partial charge in [-0.25, -0.2) is 9.59 Å². The highest BCUT2D eigenvalue weighted by atomic mass is 35.5. The highest BCUT2D eigenvalue weighted by Gasteiger charge is 2.18. The molecule has 8 aromatic rings. The number of esters is 2. The number of halogens is 1. The molecule has 3 amide bonds. The minimum Gasteiger partial charge on any atom is -0.481 e. The first-order valence-electron chi connectivity index (χ1n) is 25.6. The first-order chi connectivity index (χ1) is 39.8. The Morgan fingerprint density at radius 3 is 1.05 bits per heavy atom. The van der Waals surface area contributed by atoms with E-state index in [1.54, 1.807) is 111 Å². The number of benzene rings is 8. The zero-order chi connectivity index (χ0) is 60.0. The summed E-state index contributed by atoms with van der Waals surface area (Å²) in [6.45, 7) is 2.06. The Morgan fingerprint density at radius 1 is 0.422 bits per heavy atom. The average molecular weight is 1130 g/mol. The number of ether oxygens (including phenoxy) is 2. The summed E-state index contributed by atoms with van der Waals surface area (Å²) >= 11 is 5.39. The fraction of sp³-hybridized carbons (Fsp3) is 0.104. The maximum Gasteiger partial charge on any atom is 0.337 e. The predicted octanol–water partition coefficient (Wildman–Crippen LogP) is 12.7. The van der Waals surface area contributed by atoms with Crippen LogP contribution in [0.5, 0.6) is 0 Å². The van der Waals surface area contributed by atoms with Crippen molar-refractivity contribution in [1.29, 1.82) is 0 Å². The number of nitrogens with one attached hydrogen (secondary N) is 1. The van der Waals surface area contributed by atoms with E-state index in [0.717, 1.165) is 33.4 Å². The summed E-state index contributed by atoms with van der Waals surface area (Å²) in [7, 11) is 5.85. The number of methoxy groups -OCH3 is 2. The van der Waals surface area contributed by atoms with E-state index in [2.05, 4.69) is 46.0 Å². The second-order valence-electron chi connectivity index (χ2n) is 18.5. The molecule has 0 spiro atoms. The molecule has 0 fully saturated rings. The monoisotopic (exact) mass is 1130 g/mol. The molecule has 0 aromatic heterocycles. The molecule has 0 aliphatic rings. The van der Waals surface area contributed by atoms with Crippen LogP contribution in [0.15, 0.2) is 194 Å². The van der Waals surface area contributed by atoms with Crippen LogP contribution in [0.3, 0.4) is 0 Å². The Balaban J connectivity index is 0.000000221. The number of hydrogen-bond acceptors (Lipinski definition) is 10. The standard InChI is InChI=1S/C33H28N2O6.C17H14ClNO4.C17H16O2/c1-35(32(39)26-11-13-27(14-12-26)33(40)41-2)29-19-15-25(16-20-29)31(38)34-28-17-9-23(10-18-28)4-3-22-5-7-24(8-6-22)21-30(36)37;1-19(14-9-7-11(8-10-14)15(18)20)16(21)12-3-5-13(6-4-12)17(22)23-2;1-13-2-4-14(5-3-13)6-7-15-8-10-16(11-9-15)12-17(18)19/h3-20H,21H2,1-2H3,(H,34,38)(H,36,37);3-10H,1-2H3;2-11H,12H2,1H3,(H,18,19)/b4-3+;;7-6+. The molecule has 0 atom stereocenters. The van der Waals surface area contributed by atoms with E-state index < -0.39 is 29.1 Å². The van der Waals surface area contributed by atoms with Crippen LogP contribution in [0, 0.1) is 6.92 Å². The lowest BCUT2D eigenvalue weighted by atomic mass is 10.1. The Morgan fingerprint density at radius 2 is 0.723 bits per heavy atom. The maximum atomic E-state index is 12.9. The molecule has 0 aliphatic carbocycles. The van der Waals surface area contributed by atoms with E-state index in [9.17, 15) is 38.4 Å². The molecular formula is C67H58ClN3O12. The number of nitrogens with zero attached hydrogens (tertiary/aromatic N) is 2. The van der Waals surface area contributed by atoms with Crippen LogP contribution < -0.4 is 15.1 Å². The number of carbonyl (C=O) groups is 8. The number of amides is 3. The first-order valence-corrected chi connectivity index (χ1v) is 26.0. The second kappa shape index (κ2) is 30.2. The van der Waals surface area contributed by atoms with Crippen molar-refractivity contribution >= 4 is 99.8 Å². The molecule has 0 saturated carbocycles. The fourth-order valence-corrected chi connectivity index (χ4v) is 7.92. The van der Waals surface area contributed by atoms with Crippen molar-refractivity contribution in [1.82, 2.24) is 0 Å². The summed E-state index contributed by atoms with van der Waals surface area (Å²) in [5, 5.41) is 19.9. The van der Waals surface area contributed by atoms with Crippen molar-refractivity contribution in [3.05, 3.63) is 266 Å². The molecule has 8 aromatic carbocycles. The normalized spacial score (nSPS) is 10.5.